The topological polar surface area (TPSA) is 68.9 Å². The average Bonchev–Trinajstić information content (AvgIpc) is 2.66. The molecule has 3 aromatic rings. The number of carbonyl (C=O) groups is 1. The van der Waals surface area contributed by atoms with Crippen molar-refractivity contribution in [1.29, 1.82) is 0 Å². The molecule has 2 aromatic heterocycles. The molecule has 0 aliphatic carbocycles. The third-order valence-electron chi connectivity index (χ3n) is 2.36. The Bertz CT molecular complexity index is 705. The second kappa shape index (κ2) is 3.24. The normalized spacial score (nSPS) is 11.0. The maximum Gasteiger partial charge on any atom is 0.286 e. The Morgan fingerprint density at radius 3 is 2.88 bits per heavy atom. The summed E-state index contributed by atoms with van der Waals surface area (Å²) in [6.07, 6.45) is 1.65. The van der Waals surface area contributed by atoms with Gasteiger partial charge in [-0.15, -0.1) is 11.3 Å². The number of nitrogens with zero attached hydrogens (tertiary/aromatic N) is 2. The summed E-state index contributed by atoms with van der Waals surface area (Å²) in [7, 11) is 0. The average molecular weight is 229 g/mol. The summed E-state index contributed by atoms with van der Waals surface area (Å²) >= 11 is 1.53. The number of carbonyl (C=O) groups excluding carboxylic acids is 1. The van der Waals surface area contributed by atoms with Gasteiger partial charge in [-0.25, -0.2) is 9.97 Å². The first-order chi connectivity index (χ1) is 7.75. The smallest absolute Gasteiger partial charge is 0.286 e. The van der Waals surface area contributed by atoms with Crippen LogP contribution in [-0.4, -0.2) is 15.9 Å². The lowest BCUT2D eigenvalue weighted by Gasteiger charge is -1.93. The number of hydrogen-bond donors (Lipinski definition) is 1. The predicted octanol–water partition coefficient (Wildman–Crippen LogP) is 1.94. The molecule has 5 heteroatoms. The molecule has 3 rings (SSSR count). The summed E-state index contributed by atoms with van der Waals surface area (Å²) in [5.41, 5.74) is 5.14. The van der Waals surface area contributed by atoms with Crippen LogP contribution in [0.1, 0.15) is 10.6 Å². The van der Waals surface area contributed by atoms with Gasteiger partial charge >= 0.3 is 0 Å². The standard InChI is InChI=1S/C11H7N3OS/c12-9(15)10-13-5-7-6-3-1-2-4-8(6)16-11(7)14-10/h1-5H,(H2,12,15). The molecule has 4 nitrogen and oxygen atoms in total. The third kappa shape index (κ3) is 1.25. The van der Waals surface area contributed by atoms with Crippen molar-refractivity contribution < 1.29 is 4.79 Å². The fourth-order valence-corrected chi connectivity index (χ4v) is 2.68. The Hall–Kier alpha value is -2.01. The molecule has 0 aliphatic rings. The Morgan fingerprint density at radius 1 is 1.25 bits per heavy atom. The molecule has 0 saturated carbocycles. The van der Waals surface area contributed by atoms with Gasteiger partial charge in [-0.2, -0.15) is 0 Å². The van der Waals surface area contributed by atoms with Crippen LogP contribution in [-0.2, 0) is 0 Å². The highest BCUT2D eigenvalue weighted by atomic mass is 32.1. The van der Waals surface area contributed by atoms with Crippen molar-refractivity contribution in [1.82, 2.24) is 9.97 Å². The molecule has 0 saturated heterocycles. The number of thiophene rings is 1. The fraction of sp³-hybridized carbons (Fsp3) is 0. The number of aromatic nitrogens is 2. The van der Waals surface area contributed by atoms with Crippen LogP contribution in [0.4, 0.5) is 0 Å². The monoisotopic (exact) mass is 229 g/mol. The Morgan fingerprint density at radius 2 is 2.06 bits per heavy atom. The van der Waals surface area contributed by atoms with E-state index in [0.29, 0.717) is 0 Å². The summed E-state index contributed by atoms with van der Waals surface area (Å²) in [6, 6.07) is 7.98. The number of hydrogen-bond acceptors (Lipinski definition) is 4. The highest BCUT2D eigenvalue weighted by Gasteiger charge is 2.09. The minimum atomic E-state index is -0.598. The molecule has 78 valence electrons. The highest BCUT2D eigenvalue weighted by Crippen LogP contribution is 2.31. The van der Waals surface area contributed by atoms with Crippen LogP contribution in [0.3, 0.4) is 0 Å². The molecule has 0 atom stereocenters. The first-order valence-corrected chi connectivity index (χ1v) is 5.51. The van der Waals surface area contributed by atoms with Crippen molar-refractivity contribution in [2.75, 3.05) is 0 Å². The zero-order valence-corrected chi connectivity index (χ0v) is 8.99. The zero-order valence-electron chi connectivity index (χ0n) is 8.18. The van der Waals surface area contributed by atoms with Crippen molar-refractivity contribution in [2.24, 2.45) is 5.73 Å². The van der Waals surface area contributed by atoms with Crippen LogP contribution in [0.15, 0.2) is 30.5 Å². The molecule has 0 fully saturated rings. The van der Waals surface area contributed by atoms with E-state index < -0.39 is 5.91 Å². The molecule has 0 bridgehead atoms. The number of fused-ring (bicyclic) bond motifs is 3. The fourth-order valence-electron chi connectivity index (χ4n) is 1.63. The summed E-state index contributed by atoms with van der Waals surface area (Å²) in [5, 5.41) is 2.07. The van der Waals surface area contributed by atoms with Crippen LogP contribution < -0.4 is 5.73 Å². The van der Waals surface area contributed by atoms with Crippen molar-refractivity contribution in [2.45, 2.75) is 0 Å². The van der Waals surface area contributed by atoms with Crippen molar-refractivity contribution in [3.63, 3.8) is 0 Å². The minimum Gasteiger partial charge on any atom is -0.363 e. The largest absolute Gasteiger partial charge is 0.363 e. The third-order valence-corrected chi connectivity index (χ3v) is 3.44. The molecule has 2 heterocycles. The van der Waals surface area contributed by atoms with E-state index in [1.165, 1.54) is 11.3 Å². The van der Waals surface area contributed by atoms with E-state index in [1.54, 1.807) is 6.20 Å². The van der Waals surface area contributed by atoms with Gasteiger partial charge in [0, 0.05) is 21.7 Å². The van der Waals surface area contributed by atoms with Gasteiger partial charge in [0.2, 0.25) is 5.82 Å². The highest BCUT2D eigenvalue weighted by molar-refractivity contribution is 7.25. The van der Waals surface area contributed by atoms with Gasteiger partial charge in [0.15, 0.2) is 0 Å². The number of amides is 1. The lowest BCUT2D eigenvalue weighted by atomic mass is 10.2. The molecular weight excluding hydrogens is 222 g/mol. The van der Waals surface area contributed by atoms with E-state index in [4.69, 9.17) is 5.73 Å². The van der Waals surface area contributed by atoms with E-state index in [0.717, 1.165) is 20.3 Å². The molecule has 1 aromatic carbocycles. The maximum absolute atomic E-state index is 11.0. The Kier molecular flexibility index (Phi) is 1.87. The maximum atomic E-state index is 11.0. The predicted molar refractivity (Wildman–Crippen MR) is 63.4 cm³/mol. The van der Waals surface area contributed by atoms with E-state index >= 15 is 0 Å². The summed E-state index contributed by atoms with van der Waals surface area (Å²) < 4.78 is 1.13. The van der Waals surface area contributed by atoms with E-state index in [9.17, 15) is 4.79 Å². The second-order valence-electron chi connectivity index (χ2n) is 3.37. The van der Waals surface area contributed by atoms with Gasteiger partial charge in [-0.3, -0.25) is 4.79 Å². The van der Waals surface area contributed by atoms with Gasteiger partial charge in [-0.05, 0) is 6.07 Å². The van der Waals surface area contributed by atoms with Gasteiger partial charge in [0.25, 0.3) is 5.91 Å². The van der Waals surface area contributed by atoms with Crippen LogP contribution in [0, 0.1) is 0 Å². The summed E-state index contributed by atoms with van der Waals surface area (Å²) in [5.74, 6) is -0.529. The summed E-state index contributed by atoms with van der Waals surface area (Å²) in [4.78, 5) is 19.9. The molecule has 1 amide bonds. The van der Waals surface area contributed by atoms with Crippen LogP contribution in [0.5, 0.6) is 0 Å². The lowest BCUT2D eigenvalue weighted by molar-refractivity contribution is 0.0991. The molecule has 16 heavy (non-hydrogen) atoms. The van der Waals surface area contributed by atoms with Crippen LogP contribution >= 0.6 is 11.3 Å². The van der Waals surface area contributed by atoms with Crippen molar-refractivity contribution in [3.05, 3.63) is 36.3 Å². The van der Waals surface area contributed by atoms with Crippen LogP contribution in [0.25, 0.3) is 20.3 Å². The second-order valence-corrected chi connectivity index (χ2v) is 4.41. The van der Waals surface area contributed by atoms with Crippen molar-refractivity contribution in [3.8, 4) is 0 Å². The van der Waals surface area contributed by atoms with E-state index in [1.807, 2.05) is 24.3 Å². The molecule has 2 N–H and O–H groups in total. The Labute approximate surface area is 94.7 Å². The molecule has 0 unspecified atom stereocenters. The number of primary amides is 1. The van der Waals surface area contributed by atoms with Gasteiger partial charge in [-0.1, -0.05) is 18.2 Å². The summed E-state index contributed by atoms with van der Waals surface area (Å²) in [6.45, 7) is 0. The van der Waals surface area contributed by atoms with Crippen LogP contribution in [0.2, 0.25) is 0 Å². The lowest BCUT2D eigenvalue weighted by Crippen LogP contribution is -2.14. The quantitative estimate of drug-likeness (QED) is 0.693. The SMILES string of the molecule is NC(=O)c1ncc2c(n1)sc1ccccc12. The first kappa shape index (κ1) is 9.23. The molecule has 0 aliphatic heterocycles. The van der Waals surface area contributed by atoms with E-state index in [2.05, 4.69) is 9.97 Å². The number of nitrogens with two attached hydrogens (primary N) is 1. The van der Waals surface area contributed by atoms with E-state index in [-0.39, 0.29) is 5.82 Å². The number of benzene rings is 1. The first-order valence-electron chi connectivity index (χ1n) is 4.70. The zero-order chi connectivity index (χ0) is 11.1. The molecular formula is C11H7N3OS. The minimum absolute atomic E-state index is 0.0686. The van der Waals surface area contributed by atoms with Gasteiger partial charge in [0.05, 0.1) is 0 Å². The number of rotatable bonds is 1. The van der Waals surface area contributed by atoms with Crippen molar-refractivity contribution >= 4 is 37.5 Å². The van der Waals surface area contributed by atoms with Gasteiger partial charge in [0.1, 0.15) is 4.83 Å². The Balaban J connectivity index is 2.41. The van der Waals surface area contributed by atoms with Gasteiger partial charge < -0.3 is 5.73 Å². The molecule has 0 spiro atoms. The molecule has 0 radical (unpaired) electrons.